The molecule has 1 unspecified atom stereocenters. The summed E-state index contributed by atoms with van der Waals surface area (Å²) >= 11 is 0. The Labute approximate surface area is 117 Å². The third-order valence-corrected chi connectivity index (χ3v) is 3.41. The van der Waals surface area contributed by atoms with E-state index >= 15 is 0 Å². The molecule has 0 saturated carbocycles. The van der Waals surface area contributed by atoms with E-state index in [1.807, 2.05) is 42.5 Å². The Bertz CT molecular complexity index is 717. The molecular formula is C18H14O2. The number of hydrogen-bond acceptors (Lipinski definition) is 2. The van der Waals surface area contributed by atoms with E-state index in [0.717, 1.165) is 16.7 Å². The predicted octanol–water partition coefficient (Wildman–Crippen LogP) is 3.88. The second kappa shape index (κ2) is 5.12. The molecule has 0 fully saturated rings. The number of aromatic hydroxyl groups is 2. The first-order valence-electron chi connectivity index (χ1n) is 6.46. The van der Waals surface area contributed by atoms with Gasteiger partial charge < -0.3 is 10.2 Å². The van der Waals surface area contributed by atoms with Gasteiger partial charge in [-0.1, -0.05) is 36.4 Å². The summed E-state index contributed by atoms with van der Waals surface area (Å²) in [5, 5.41) is 19.6. The highest BCUT2D eigenvalue weighted by atomic mass is 16.3. The Morgan fingerprint density at radius 3 is 2.30 bits per heavy atom. The van der Waals surface area contributed by atoms with Gasteiger partial charge in [0.1, 0.15) is 11.5 Å². The Kier molecular flexibility index (Phi) is 3.16. The van der Waals surface area contributed by atoms with E-state index in [4.69, 9.17) is 0 Å². The predicted molar refractivity (Wildman–Crippen MR) is 78.8 cm³/mol. The minimum absolute atomic E-state index is 0.0909. The van der Waals surface area contributed by atoms with Crippen LogP contribution in [0.2, 0.25) is 0 Å². The van der Waals surface area contributed by atoms with Crippen molar-refractivity contribution in [2.24, 2.45) is 0 Å². The number of para-hydroxylation sites is 1. The molecule has 1 atom stereocenters. The summed E-state index contributed by atoms with van der Waals surface area (Å²) in [6, 6.07) is 14.4. The van der Waals surface area contributed by atoms with Crippen LogP contribution in [0.15, 0.2) is 78.1 Å². The van der Waals surface area contributed by atoms with Crippen LogP contribution in [-0.4, -0.2) is 10.2 Å². The molecule has 0 saturated heterocycles. The highest BCUT2D eigenvalue weighted by Crippen LogP contribution is 2.38. The molecule has 1 aliphatic carbocycles. The molecular weight excluding hydrogens is 248 g/mol. The zero-order valence-corrected chi connectivity index (χ0v) is 10.8. The van der Waals surface area contributed by atoms with E-state index in [-0.39, 0.29) is 17.4 Å². The van der Waals surface area contributed by atoms with Gasteiger partial charge in [0.05, 0.1) is 0 Å². The number of phenols is 2. The van der Waals surface area contributed by atoms with Gasteiger partial charge in [0.2, 0.25) is 0 Å². The average Bonchev–Trinajstić information content (AvgIpc) is 2.97. The van der Waals surface area contributed by atoms with Gasteiger partial charge in [-0.25, -0.2) is 0 Å². The van der Waals surface area contributed by atoms with Crippen LogP contribution in [0.5, 0.6) is 11.5 Å². The van der Waals surface area contributed by atoms with Crippen molar-refractivity contribution in [1.29, 1.82) is 0 Å². The highest BCUT2D eigenvalue weighted by Gasteiger charge is 2.21. The number of hydrogen-bond donors (Lipinski definition) is 2. The maximum atomic E-state index is 10.1. The summed E-state index contributed by atoms with van der Waals surface area (Å²) in [5.41, 5.74) is 6.04. The fourth-order valence-corrected chi connectivity index (χ4v) is 2.45. The van der Waals surface area contributed by atoms with E-state index in [2.05, 4.69) is 5.73 Å². The summed E-state index contributed by atoms with van der Waals surface area (Å²) in [6.45, 7) is 0. The van der Waals surface area contributed by atoms with Crippen molar-refractivity contribution in [1.82, 2.24) is 0 Å². The van der Waals surface area contributed by atoms with E-state index in [1.54, 1.807) is 24.3 Å². The lowest BCUT2D eigenvalue weighted by atomic mass is 9.85. The van der Waals surface area contributed by atoms with Gasteiger partial charge in [-0.2, -0.15) is 0 Å². The molecule has 0 amide bonds. The summed E-state index contributed by atoms with van der Waals surface area (Å²) in [4.78, 5) is 0. The Balaban J connectivity index is 2.14. The summed E-state index contributed by atoms with van der Waals surface area (Å²) in [5.74, 6) is 0.406. The molecule has 2 nitrogen and oxygen atoms in total. The molecule has 3 rings (SSSR count). The van der Waals surface area contributed by atoms with Crippen LogP contribution < -0.4 is 0 Å². The number of phenolic OH excluding ortho intramolecular Hbond substituents is 2. The third-order valence-electron chi connectivity index (χ3n) is 3.41. The summed E-state index contributed by atoms with van der Waals surface area (Å²) < 4.78 is 0. The van der Waals surface area contributed by atoms with E-state index in [9.17, 15) is 10.2 Å². The largest absolute Gasteiger partial charge is 0.508 e. The molecule has 2 aromatic rings. The second-order valence-electron chi connectivity index (χ2n) is 4.71. The van der Waals surface area contributed by atoms with Gasteiger partial charge >= 0.3 is 0 Å². The van der Waals surface area contributed by atoms with E-state index in [0.29, 0.717) is 0 Å². The van der Waals surface area contributed by atoms with Crippen LogP contribution in [0, 0.1) is 0 Å². The van der Waals surface area contributed by atoms with Crippen LogP contribution in [0.25, 0.3) is 0 Å². The molecule has 0 bridgehead atoms. The minimum atomic E-state index is -0.0909. The van der Waals surface area contributed by atoms with Crippen molar-refractivity contribution >= 4 is 0 Å². The molecule has 98 valence electrons. The smallest absolute Gasteiger partial charge is 0.119 e. The number of rotatable bonds is 3. The van der Waals surface area contributed by atoms with Gasteiger partial charge in [0, 0.05) is 17.1 Å². The Morgan fingerprint density at radius 1 is 0.900 bits per heavy atom. The van der Waals surface area contributed by atoms with Crippen LogP contribution in [0.1, 0.15) is 17.0 Å². The SMILES string of the molecule is Oc1ccc(C(C2=C=CC=C2)c2ccccc2O)cc1. The molecule has 20 heavy (non-hydrogen) atoms. The van der Waals surface area contributed by atoms with Crippen LogP contribution in [0.3, 0.4) is 0 Å². The molecule has 0 radical (unpaired) electrons. The highest BCUT2D eigenvalue weighted by molar-refractivity contribution is 5.52. The van der Waals surface area contributed by atoms with Crippen LogP contribution >= 0.6 is 0 Å². The van der Waals surface area contributed by atoms with Gasteiger partial charge in [-0.3, -0.25) is 0 Å². The van der Waals surface area contributed by atoms with Crippen LogP contribution in [-0.2, 0) is 0 Å². The molecule has 2 N–H and O–H groups in total. The fourth-order valence-electron chi connectivity index (χ4n) is 2.45. The lowest BCUT2D eigenvalue weighted by Crippen LogP contribution is -2.03. The Morgan fingerprint density at radius 2 is 1.65 bits per heavy atom. The normalized spacial score (nSPS) is 14.3. The van der Waals surface area contributed by atoms with Gasteiger partial charge in [0.25, 0.3) is 0 Å². The molecule has 0 aromatic heterocycles. The standard InChI is InChI=1S/C18H14O2/c19-15-11-9-14(10-12-15)18(13-5-1-2-6-13)16-7-3-4-8-17(16)20/h1-5,7-12,18-20H. The van der Waals surface area contributed by atoms with E-state index < -0.39 is 0 Å². The molecule has 0 aliphatic heterocycles. The van der Waals surface area contributed by atoms with Crippen molar-refractivity contribution in [2.45, 2.75) is 5.92 Å². The lowest BCUT2D eigenvalue weighted by molar-refractivity contribution is 0.467. The second-order valence-corrected chi connectivity index (χ2v) is 4.71. The van der Waals surface area contributed by atoms with Gasteiger partial charge in [-0.05, 0) is 35.9 Å². The zero-order chi connectivity index (χ0) is 13.9. The quantitative estimate of drug-likeness (QED) is 0.824. The molecule has 1 aliphatic rings. The summed E-state index contributed by atoms with van der Waals surface area (Å²) in [6.07, 6.45) is 5.79. The van der Waals surface area contributed by atoms with Gasteiger partial charge in [-0.15, -0.1) is 5.73 Å². The minimum Gasteiger partial charge on any atom is -0.508 e. The summed E-state index contributed by atoms with van der Waals surface area (Å²) in [7, 11) is 0. The number of allylic oxidation sites excluding steroid dienone is 3. The average molecular weight is 262 g/mol. The lowest BCUT2D eigenvalue weighted by Gasteiger charge is -2.18. The Hall–Kier alpha value is -2.70. The first-order valence-corrected chi connectivity index (χ1v) is 6.46. The molecule has 2 aromatic carbocycles. The fraction of sp³-hybridized carbons (Fsp3) is 0.0556. The van der Waals surface area contributed by atoms with Gasteiger partial charge in [0.15, 0.2) is 0 Å². The third kappa shape index (κ3) is 2.25. The van der Waals surface area contributed by atoms with Crippen molar-refractivity contribution in [2.75, 3.05) is 0 Å². The first kappa shape index (κ1) is 12.3. The monoisotopic (exact) mass is 262 g/mol. The maximum Gasteiger partial charge on any atom is 0.119 e. The first-order chi connectivity index (χ1) is 9.75. The topological polar surface area (TPSA) is 40.5 Å². The molecule has 0 heterocycles. The number of benzene rings is 2. The van der Waals surface area contributed by atoms with E-state index in [1.165, 1.54) is 0 Å². The van der Waals surface area contributed by atoms with Crippen molar-refractivity contribution in [3.63, 3.8) is 0 Å². The molecule has 2 heteroatoms. The maximum absolute atomic E-state index is 10.1. The van der Waals surface area contributed by atoms with Crippen molar-refractivity contribution in [3.05, 3.63) is 89.2 Å². The van der Waals surface area contributed by atoms with Crippen LogP contribution in [0.4, 0.5) is 0 Å². The zero-order valence-electron chi connectivity index (χ0n) is 10.8. The van der Waals surface area contributed by atoms with Crippen molar-refractivity contribution < 1.29 is 10.2 Å². The molecule has 0 spiro atoms. The van der Waals surface area contributed by atoms with Crippen molar-refractivity contribution in [3.8, 4) is 11.5 Å².